The van der Waals surface area contributed by atoms with Gasteiger partial charge in [-0.2, -0.15) is 0 Å². The first kappa shape index (κ1) is 14.3. The van der Waals surface area contributed by atoms with Crippen molar-refractivity contribution >= 4 is 0 Å². The number of aliphatic hydroxyl groups excluding tert-OH is 1. The Morgan fingerprint density at radius 1 is 1.32 bits per heavy atom. The fourth-order valence-corrected chi connectivity index (χ4v) is 2.17. The molecule has 0 heterocycles. The van der Waals surface area contributed by atoms with Gasteiger partial charge in [0.05, 0.1) is 19.3 Å². The van der Waals surface area contributed by atoms with Gasteiger partial charge >= 0.3 is 0 Å². The Hall–Kier alpha value is -1.10. The van der Waals surface area contributed by atoms with Crippen LogP contribution in [0.25, 0.3) is 0 Å². The Kier molecular flexibility index (Phi) is 5.19. The summed E-state index contributed by atoms with van der Waals surface area (Å²) in [6, 6.07) is 8.05. The quantitative estimate of drug-likeness (QED) is 0.764. The van der Waals surface area contributed by atoms with E-state index in [4.69, 9.17) is 14.2 Å². The molecule has 3 atom stereocenters. The summed E-state index contributed by atoms with van der Waals surface area (Å²) in [6.45, 7) is 3.12. The van der Waals surface area contributed by atoms with E-state index in [-0.39, 0.29) is 12.2 Å². The van der Waals surface area contributed by atoms with E-state index in [1.54, 1.807) is 7.11 Å². The number of rotatable bonds is 7. The molecule has 0 radical (unpaired) electrons. The second-order valence-electron chi connectivity index (χ2n) is 4.79. The maximum Gasteiger partial charge on any atom is 0.130 e. The van der Waals surface area contributed by atoms with Crippen LogP contribution in [0.2, 0.25) is 0 Å². The lowest BCUT2D eigenvalue weighted by molar-refractivity contribution is -0.167. The van der Waals surface area contributed by atoms with Gasteiger partial charge in [0.1, 0.15) is 18.0 Å². The van der Waals surface area contributed by atoms with E-state index < -0.39 is 6.10 Å². The minimum Gasteiger partial charge on any atom is -0.488 e. The van der Waals surface area contributed by atoms with Crippen LogP contribution in [0.15, 0.2) is 24.3 Å². The zero-order valence-corrected chi connectivity index (χ0v) is 11.5. The highest BCUT2D eigenvalue weighted by Gasteiger charge is 2.42. The SMILES string of the molecule is CCc1cccc(OC2CC(O)C2OCCOC)c1. The van der Waals surface area contributed by atoms with Gasteiger partial charge in [-0.1, -0.05) is 19.1 Å². The molecule has 1 aliphatic carbocycles. The fourth-order valence-electron chi connectivity index (χ4n) is 2.17. The van der Waals surface area contributed by atoms with Crippen molar-refractivity contribution in [2.75, 3.05) is 20.3 Å². The normalized spacial score (nSPS) is 25.9. The molecular weight excluding hydrogens is 244 g/mol. The molecule has 0 bridgehead atoms. The molecular formula is C15H22O4. The van der Waals surface area contributed by atoms with E-state index in [0.29, 0.717) is 19.6 Å². The van der Waals surface area contributed by atoms with E-state index in [9.17, 15) is 5.11 Å². The van der Waals surface area contributed by atoms with E-state index in [1.165, 1.54) is 5.56 Å². The molecule has 19 heavy (non-hydrogen) atoms. The topological polar surface area (TPSA) is 47.9 Å². The number of aliphatic hydroxyl groups is 1. The molecule has 0 saturated heterocycles. The van der Waals surface area contributed by atoms with Gasteiger partial charge in [-0.3, -0.25) is 0 Å². The summed E-state index contributed by atoms with van der Waals surface area (Å²) in [5.41, 5.74) is 1.24. The van der Waals surface area contributed by atoms with Gasteiger partial charge in [0.2, 0.25) is 0 Å². The van der Waals surface area contributed by atoms with Gasteiger partial charge in [-0.25, -0.2) is 0 Å². The van der Waals surface area contributed by atoms with E-state index in [2.05, 4.69) is 13.0 Å². The van der Waals surface area contributed by atoms with Crippen molar-refractivity contribution < 1.29 is 19.3 Å². The second-order valence-corrected chi connectivity index (χ2v) is 4.79. The van der Waals surface area contributed by atoms with E-state index in [0.717, 1.165) is 12.2 Å². The average molecular weight is 266 g/mol. The molecule has 1 aromatic carbocycles. The van der Waals surface area contributed by atoms with Crippen molar-refractivity contribution in [3.05, 3.63) is 29.8 Å². The van der Waals surface area contributed by atoms with Crippen LogP contribution in [0.4, 0.5) is 0 Å². The molecule has 0 aromatic heterocycles. The molecule has 1 saturated carbocycles. The third-order valence-electron chi connectivity index (χ3n) is 3.41. The van der Waals surface area contributed by atoms with E-state index >= 15 is 0 Å². The zero-order valence-electron chi connectivity index (χ0n) is 11.5. The predicted octanol–water partition coefficient (Wildman–Crippen LogP) is 1.79. The summed E-state index contributed by atoms with van der Waals surface area (Å²) < 4.78 is 16.4. The number of methoxy groups -OCH3 is 1. The molecule has 1 fully saturated rings. The lowest BCUT2D eigenvalue weighted by Gasteiger charge is -2.40. The molecule has 1 aromatic rings. The summed E-state index contributed by atoms with van der Waals surface area (Å²) >= 11 is 0. The van der Waals surface area contributed by atoms with Crippen molar-refractivity contribution in [1.29, 1.82) is 0 Å². The number of ether oxygens (including phenoxy) is 3. The van der Waals surface area contributed by atoms with Crippen molar-refractivity contribution in [3.63, 3.8) is 0 Å². The lowest BCUT2D eigenvalue weighted by Crippen LogP contribution is -2.55. The number of aryl methyl sites for hydroxylation is 1. The molecule has 106 valence electrons. The standard InChI is InChI=1S/C15H22O4/c1-3-11-5-4-6-12(9-11)19-14-10-13(16)15(14)18-8-7-17-2/h4-6,9,13-16H,3,7-8,10H2,1-2H3. The van der Waals surface area contributed by atoms with Crippen LogP contribution in [0.1, 0.15) is 18.9 Å². The maximum atomic E-state index is 9.71. The van der Waals surface area contributed by atoms with Gasteiger partial charge in [-0.05, 0) is 24.1 Å². The number of benzene rings is 1. The molecule has 4 nitrogen and oxygen atoms in total. The largest absolute Gasteiger partial charge is 0.488 e. The second kappa shape index (κ2) is 6.89. The monoisotopic (exact) mass is 266 g/mol. The summed E-state index contributed by atoms with van der Waals surface area (Å²) in [4.78, 5) is 0. The van der Waals surface area contributed by atoms with Crippen molar-refractivity contribution in [1.82, 2.24) is 0 Å². The summed E-state index contributed by atoms with van der Waals surface area (Å²) in [6.07, 6.45) is 0.849. The Labute approximate surface area is 114 Å². The van der Waals surface area contributed by atoms with Gasteiger partial charge in [-0.15, -0.1) is 0 Å². The fraction of sp³-hybridized carbons (Fsp3) is 0.600. The number of hydrogen-bond donors (Lipinski definition) is 1. The molecule has 3 unspecified atom stereocenters. The molecule has 1 aliphatic rings. The van der Waals surface area contributed by atoms with Gasteiger partial charge in [0.15, 0.2) is 0 Å². The van der Waals surface area contributed by atoms with Crippen molar-refractivity contribution in [2.24, 2.45) is 0 Å². The van der Waals surface area contributed by atoms with Crippen LogP contribution in [0.3, 0.4) is 0 Å². The Bertz CT molecular complexity index is 393. The first-order chi connectivity index (χ1) is 9.24. The van der Waals surface area contributed by atoms with Crippen LogP contribution < -0.4 is 4.74 Å². The molecule has 1 N–H and O–H groups in total. The zero-order chi connectivity index (χ0) is 13.7. The first-order valence-electron chi connectivity index (χ1n) is 6.78. The maximum absolute atomic E-state index is 9.71. The molecule has 0 aliphatic heterocycles. The van der Waals surface area contributed by atoms with Crippen molar-refractivity contribution in [3.8, 4) is 5.75 Å². The van der Waals surface area contributed by atoms with Crippen LogP contribution >= 0.6 is 0 Å². The third kappa shape index (κ3) is 3.69. The lowest BCUT2D eigenvalue weighted by atomic mass is 9.88. The highest BCUT2D eigenvalue weighted by atomic mass is 16.6. The first-order valence-corrected chi connectivity index (χ1v) is 6.78. The Balaban J connectivity index is 1.87. The number of hydrogen-bond acceptors (Lipinski definition) is 4. The van der Waals surface area contributed by atoms with Crippen LogP contribution in [0, 0.1) is 0 Å². The Morgan fingerprint density at radius 3 is 2.84 bits per heavy atom. The summed E-state index contributed by atoms with van der Waals surface area (Å²) in [5.74, 6) is 0.844. The van der Waals surface area contributed by atoms with Gasteiger partial charge in [0.25, 0.3) is 0 Å². The van der Waals surface area contributed by atoms with Crippen LogP contribution in [0.5, 0.6) is 5.75 Å². The summed E-state index contributed by atoms with van der Waals surface area (Å²) in [5, 5.41) is 9.71. The molecule has 0 amide bonds. The molecule has 4 heteroatoms. The van der Waals surface area contributed by atoms with Gasteiger partial charge in [0, 0.05) is 13.5 Å². The van der Waals surface area contributed by atoms with Gasteiger partial charge < -0.3 is 19.3 Å². The van der Waals surface area contributed by atoms with E-state index in [1.807, 2.05) is 18.2 Å². The predicted molar refractivity (Wildman–Crippen MR) is 72.5 cm³/mol. The minimum absolute atomic E-state index is 0.0704. The highest BCUT2D eigenvalue weighted by Crippen LogP contribution is 2.29. The molecule has 2 rings (SSSR count). The summed E-state index contributed by atoms with van der Waals surface area (Å²) in [7, 11) is 1.63. The smallest absolute Gasteiger partial charge is 0.130 e. The molecule has 0 spiro atoms. The highest BCUT2D eigenvalue weighted by molar-refractivity contribution is 5.29. The van der Waals surface area contributed by atoms with Crippen LogP contribution in [-0.4, -0.2) is 43.7 Å². The average Bonchev–Trinajstić information content (AvgIpc) is 2.43. The van der Waals surface area contributed by atoms with Crippen molar-refractivity contribution in [2.45, 2.75) is 38.1 Å². The van der Waals surface area contributed by atoms with Crippen LogP contribution in [-0.2, 0) is 15.9 Å². The minimum atomic E-state index is -0.434. The third-order valence-corrected chi connectivity index (χ3v) is 3.41. The Morgan fingerprint density at radius 2 is 2.16 bits per heavy atom.